The van der Waals surface area contributed by atoms with Crippen molar-refractivity contribution in [3.8, 4) is 5.69 Å². The Labute approximate surface area is 151 Å². The van der Waals surface area contributed by atoms with E-state index in [4.69, 9.17) is 0 Å². The van der Waals surface area contributed by atoms with Crippen molar-refractivity contribution in [2.45, 2.75) is 20.3 Å². The van der Waals surface area contributed by atoms with Crippen LogP contribution in [0.4, 0.5) is 4.39 Å². The Kier molecular flexibility index (Phi) is 5.06. The highest BCUT2D eigenvalue weighted by Crippen LogP contribution is 2.24. The van der Waals surface area contributed by atoms with Crippen LogP contribution >= 0.6 is 0 Å². The van der Waals surface area contributed by atoms with E-state index < -0.39 is 5.95 Å². The molecule has 0 fully saturated rings. The normalized spacial score (nSPS) is 15.7. The lowest BCUT2D eigenvalue weighted by Gasteiger charge is -2.20. The Morgan fingerprint density at radius 3 is 2.88 bits per heavy atom. The number of pyridine rings is 1. The molecule has 3 heterocycles. The molecule has 0 aliphatic carbocycles. The topological polar surface area (TPSA) is 63.9 Å². The van der Waals surface area contributed by atoms with Gasteiger partial charge in [0, 0.05) is 31.4 Å². The summed E-state index contributed by atoms with van der Waals surface area (Å²) in [6.07, 6.45) is 9.53. The summed E-state index contributed by atoms with van der Waals surface area (Å²) in [5, 5.41) is 8.32. The number of likely N-dealkylation sites (N-methyl/N-ethyl adjacent to an activating group) is 1. The number of hydrogen-bond acceptors (Lipinski definition) is 4. The van der Waals surface area contributed by atoms with Crippen LogP contribution in [0, 0.1) is 12.9 Å². The van der Waals surface area contributed by atoms with Crippen molar-refractivity contribution in [2.75, 3.05) is 13.6 Å². The van der Waals surface area contributed by atoms with Gasteiger partial charge >= 0.3 is 0 Å². The predicted octanol–water partition coefficient (Wildman–Crippen LogP) is 2.86. The van der Waals surface area contributed by atoms with E-state index >= 15 is 0 Å². The van der Waals surface area contributed by atoms with Gasteiger partial charge in [0.25, 0.3) is 0 Å². The summed E-state index contributed by atoms with van der Waals surface area (Å²) in [6, 6.07) is 3.25. The van der Waals surface area contributed by atoms with Crippen molar-refractivity contribution in [1.82, 2.24) is 24.9 Å². The number of halogens is 1. The van der Waals surface area contributed by atoms with Gasteiger partial charge < -0.3 is 4.90 Å². The van der Waals surface area contributed by atoms with Crippen LogP contribution in [0.15, 0.2) is 48.2 Å². The molecule has 7 heteroatoms. The van der Waals surface area contributed by atoms with E-state index in [9.17, 15) is 9.18 Å². The zero-order chi connectivity index (χ0) is 18.7. The molecular formula is C19H20FN5O. The predicted molar refractivity (Wildman–Crippen MR) is 97.0 cm³/mol. The smallest absolute Gasteiger partial charge is 0.246 e. The molecule has 0 spiro atoms. The first kappa shape index (κ1) is 17.7. The number of carbonyl (C=O) groups is 1. The highest BCUT2D eigenvalue weighted by Gasteiger charge is 2.18. The number of carbonyl (C=O) groups excluding carboxylic acids is 1. The van der Waals surface area contributed by atoms with E-state index in [0.717, 1.165) is 17.6 Å². The second-order valence-corrected chi connectivity index (χ2v) is 6.08. The third-order valence-electron chi connectivity index (χ3n) is 4.24. The van der Waals surface area contributed by atoms with Gasteiger partial charge in [0.2, 0.25) is 11.9 Å². The summed E-state index contributed by atoms with van der Waals surface area (Å²) >= 11 is 0. The Balaban J connectivity index is 2.03. The van der Waals surface area contributed by atoms with Gasteiger partial charge in [-0.25, -0.2) is 9.67 Å². The lowest BCUT2D eigenvalue weighted by Crippen LogP contribution is -2.29. The van der Waals surface area contributed by atoms with Crippen LogP contribution < -0.4 is 0 Å². The SMILES string of the molecule is C/C=C\C(=C/C1=CC(=O)N(C)CC1)c1nnn(-c2cccnc2F)c1C. The Morgan fingerprint density at radius 2 is 2.19 bits per heavy atom. The largest absolute Gasteiger partial charge is 0.342 e. The summed E-state index contributed by atoms with van der Waals surface area (Å²) < 4.78 is 15.4. The van der Waals surface area contributed by atoms with Gasteiger partial charge in [0.15, 0.2) is 0 Å². The van der Waals surface area contributed by atoms with Crippen LogP contribution in [-0.2, 0) is 4.79 Å². The first-order valence-corrected chi connectivity index (χ1v) is 8.35. The van der Waals surface area contributed by atoms with Crippen molar-refractivity contribution < 1.29 is 9.18 Å². The number of allylic oxidation sites excluding steroid dienone is 4. The van der Waals surface area contributed by atoms with Gasteiger partial charge in [0.1, 0.15) is 11.4 Å². The monoisotopic (exact) mass is 353 g/mol. The Bertz CT molecular complexity index is 926. The van der Waals surface area contributed by atoms with E-state index in [1.165, 1.54) is 10.9 Å². The maximum absolute atomic E-state index is 14.0. The van der Waals surface area contributed by atoms with E-state index in [-0.39, 0.29) is 11.6 Å². The third-order valence-corrected chi connectivity index (χ3v) is 4.24. The van der Waals surface area contributed by atoms with Gasteiger partial charge in [-0.1, -0.05) is 17.4 Å². The summed E-state index contributed by atoms with van der Waals surface area (Å²) in [5.41, 5.74) is 3.34. The van der Waals surface area contributed by atoms with Crippen LogP contribution in [0.25, 0.3) is 11.3 Å². The van der Waals surface area contributed by atoms with Gasteiger partial charge in [0.05, 0.1) is 5.69 Å². The highest BCUT2D eigenvalue weighted by atomic mass is 19.1. The Morgan fingerprint density at radius 1 is 1.38 bits per heavy atom. The second kappa shape index (κ2) is 7.43. The molecule has 0 bridgehead atoms. The highest BCUT2D eigenvalue weighted by molar-refractivity contribution is 5.90. The lowest BCUT2D eigenvalue weighted by molar-refractivity contribution is -0.125. The fraction of sp³-hybridized carbons (Fsp3) is 0.263. The van der Waals surface area contributed by atoms with E-state index in [2.05, 4.69) is 15.3 Å². The lowest BCUT2D eigenvalue weighted by atomic mass is 10.0. The minimum atomic E-state index is -0.604. The number of aromatic nitrogens is 4. The standard InChI is InChI=1S/C19H20FN5O/c1-4-6-15(11-14-8-10-24(3)17(26)12-14)18-13(2)25(23-22-18)16-7-5-9-21-19(16)20/h4-7,9,11-12H,8,10H2,1-3H3/b6-4-,15-11+. The first-order valence-electron chi connectivity index (χ1n) is 8.35. The molecule has 2 aromatic heterocycles. The minimum Gasteiger partial charge on any atom is -0.342 e. The van der Waals surface area contributed by atoms with E-state index in [0.29, 0.717) is 17.9 Å². The molecule has 26 heavy (non-hydrogen) atoms. The van der Waals surface area contributed by atoms with Gasteiger partial charge in [-0.15, -0.1) is 5.10 Å². The number of rotatable bonds is 4. The zero-order valence-corrected chi connectivity index (χ0v) is 15.0. The van der Waals surface area contributed by atoms with Crippen molar-refractivity contribution >= 4 is 11.5 Å². The number of amides is 1. The quantitative estimate of drug-likeness (QED) is 0.626. The maximum Gasteiger partial charge on any atom is 0.246 e. The molecule has 2 aromatic rings. The molecule has 0 atom stereocenters. The van der Waals surface area contributed by atoms with Crippen LogP contribution in [0.2, 0.25) is 0 Å². The molecule has 1 aliphatic rings. The average molecular weight is 353 g/mol. The van der Waals surface area contributed by atoms with Gasteiger partial charge in [-0.2, -0.15) is 4.39 Å². The number of hydrogen-bond donors (Lipinski definition) is 0. The molecule has 6 nitrogen and oxygen atoms in total. The van der Waals surface area contributed by atoms with Crippen LogP contribution in [-0.4, -0.2) is 44.4 Å². The van der Waals surface area contributed by atoms with Crippen LogP contribution in [0.5, 0.6) is 0 Å². The summed E-state index contributed by atoms with van der Waals surface area (Å²) in [4.78, 5) is 17.2. The molecule has 0 N–H and O–H groups in total. The maximum atomic E-state index is 14.0. The molecule has 0 radical (unpaired) electrons. The van der Waals surface area contributed by atoms with E-state index in [1.54, 1.807) is 30.2 Å². The first-order chi connectivity index (χ1) is 12.5. The molecule has 3 rings (SSSR count). The summed E-state index contributed by atoms with van der Waals surface area (Å²) in [6.45, 7) is 4.41. The number of nitrogens with zero attached hydrogens (tertiary/aromatic N) is 5. The van der Waals surface area contributed by atoms with Crippen molar-refractivity contribution in [3.63, 3.8) is 0 Å². The van der Waals surface area contributed by atoms with Crippen LogP contribution in [0.1, 0.15) is 24.7 Å². The molecule has 0 saturated carbocycles. The average Bonchev–Trinajstić information content (AvgIpc) is 2.99. The summed E-state index contributed by atoms with van der Waals surface area (Å²) in [5.74, 6) is -0.618. The molecule has 1 aliphatic heterocycles. The Hall–Kier alpha value is -3.09. The van der Waals surface area contributed by atoms with Gasteiger partial charge in [-0.05, 0) is 44.1 Å². The molecule has 1 amide bonds. The minimum absolute atomic E-state index is 0.0138. The molecule has 0 aromatic carbocycles. The van der Waals surface area contributed by atoms with Crippen LogP contribution in [0.3, 0.4) is 0 Å². The molecule has 134 valence electrons. The molecule has 0 saturated heterocycles. The van der Waals surface area contributed by atoms with Crippen molar-refractivity contribution in [2.24, 2.45) is 0 Å². The van der Waals surface area contributed by atoms with Crippen molar-refractivity contribution in [3.05, 3.63) is 65.5 Å². The zero-order valence-electron chi connectivity index (χ0n) is 15.0. The fourth-order valence-electron chi connectivity index (χ4n) is 2.80. The molecule has 0 unspecified atom stereocenters. The van der Waals surface area contributed by atoms with Crippen molar-refractivity contribution in [1.29, 1.82) is 0 Å². The molecular weight excluding hydrogens is 333 g/mol. The third kappa shape index (κ3) is 3.46. The van der Waals surface area contributed by atoms with E-state index in [1.807, 2.05) is 32.1 Å². The summed E-state index contributed by atoms with van der Waals surface area (Å²) in [7, 11) is 1.78. The second-order valence-electron chi connectivity index (χ2n) is 6.08. The fourth-order valence-corrected chi connectivity index (χ4v) is 2.80. The van der Waals surface area contributed by atoms with Gasteiger partial charge in [-0.3, -0.25) is 4.79 Å².